The van der Waals surface area contributed by atoms with Crippen molar-refractivity contribution in [2.45, 2.75) is 6.18 Å². The van der Waals surface area contributed by atoms with E-state index in [-0.39, 0.29) is 11.4 Å². The number of alkyl halides is 3. The predicted molar refractivity (Wildman–Crippen MR) is 68.1 cm³/mol. The van der Waals surface area contributed by atoms with Crippen LogP contribution in [-0.2, 0) is 6.18 Å². The summed E-state index contributed by atoms with van der Waals surface area (Å²) in [6.07, 6.45) is -4.64. The molecule has 21 heavy (non-hydrogen) atoms. The second-order valence-electron chi connectivity index (χ2n) is 4.20. The van der Waals surface area contributed by atoms with Crippen molar-refractivity contribution in [3.63, 3.8) is 0 Å². The van der Waals surface area contributed by atoms with Gasteiger partial charge in [0.2, 0.25) is 0 Å². The predicted octanol–water partition coefficient (Wildman–Crippen LogP) is 4.29. The standard InChI is InChI=1S/C14H9F4NO2/c15-9-2-1-3-10(7-9)19-12-5-4-8(14(16,17)18)6-11(12)13(20)21/h1-7,19H,(H,20,21). The van der Waals surface area contributed by atoms with E-state index in [9.17, 15) is 22.4 Å². The molecule has 2 N–H and O–H groups in total. The number of rotatable bonds is 3. The molecule has 7 heteroatoms. The number of carboxylic acids is 1. The summed E-state index contributed by atoms with van der Waals surface area (Å²) in [5, 5.41) is 11.6. The Morgan fingerprint density at radius 1 is 1.10 bits per heavy atom. The van der Waals surface area contributed by atoms with Gasteiger partial charge in [0.25, 0.3) is 0 Å². The fourth-order valence-electron chi connectivity index (χ4n) is 1.73. The Labute approximate surface area is 116 Å². The third kappa shape index (κ3) is 3.50. The second-order valence-corrected chi connectivity index (χ2v) is 4.20. The van der Waals surface area contributed by atoms with E-state index in [0.29, 0.717) is 6.07 Å². The number of hydrogen-bond acceptors (Lipinski definition) is 2. The summed E-state index contributed by atoms with van der Waals surface area (Å²) in [5.74, 6) is -2.07. The van der Waals surface area contributed by atoms with Crippen molar-refractivity contribution in [2.24, 2.45) is 0 Å². The Hall–Kier alpha value is -2.57. The molecule has 0 aromatic heterocycles. The van der Waals surface area contributed by atoms with Gasteiger partial charge in [0.05, 0.1) is 16.8 Å². The Balaban J connectivity index is 2.42. The molecule has 0 aliphatic carbocycles. The van der Waals surface area contributed by atoms with Crippen LogP contribution in [0.5, 0.6) is 0 Å². The van der Waals surface area contributed by atoms with E-state index in [2.05, 4.69) is 5.32 Å². The van der Waals surface area contributed by atoms with Gasteiger partial charge < -0.3 is 10.4 Å². The molecule has 0 bridgehead atoms. The molecular formula is C14H9F4NO2. The van der Waals surface area contributed by atoms with Gasteiger partial charge >= 0.3 is 12.1 Å². The average Bonchev–Trinajstić information content (AvgIpc) is 2.37. The molecule has 0 amide bonds. The first-order chi connectivity index (χ1) is 9.77. The lowest BCUT2D eigenvalue weighted by Gasteiger charge is -2.13. The van der Waals surface area contributed by atoms with Crippen molar-refractivity contribution in [3.05, 3.63) is 59.4 Å². The Kier molecular flexibility index (Phi) is 3.84. The van der Waals surface area contributed by atoms with Gasteiger partial charge in [0.15, 0.2) is 0 Å². The van der Waals surface area contributed by atoms with Crippen LogP contribution < -0.4 is 5.32 Å². The number of aromatic carboxylic acids is 1. The molecule has 3 nitrogen and oxygen atoms in total. The maximum Gasteiger partial charge on any atom is 0.416 e. The van der Waals surface area contributed by atoms with Gasteiger partial charge in [-0.05, 0) is 36.4 Å². The maximum atomic E-state index is 13.0. The van der Waals surface area contributed by atoms with Gasteiger partial charge in [-0.2, -0.15) is 13.2 Å². The quantitative estimate of drug-likeness (QED) is 0.831. The summed E-state index contributed by atoms with van der Waals surface area (Å²) in [4.78, 5) is 11.1. The van der Waals surface area contributed by atoms with Crippen molar-refractivity contribution in [1.82, 2.24) is 0 Å². The molecule has 0 fully saturated rings. The van der Waals surface area contributed by atoms with E-state index in [4.69, 9.17) is 5.11 Å². The minimum atomic E-state index is -4.64. The van der Waals surface area contributed by atoms with Crippen LogP contribution in [0.4, 0.5) is 28.9 Å². The van der Waals surface area contributed by atoms with Crippen LogP contribution in [0.3, 0.4) is 0 Å². The number of benzene rings is 2. The third-order valence-corrected chi connectivity index (χ3v) is 2.68. The van der Waals surface area contributed by atoms with Gasteiger partial charge in [-0.3, -0.25) is 0 Å². The van der Waals surface area contributed by atoms with Gasteiger partial charge in [0.1, 0.15) is 5.82 Å². The zero-order valence-corrected chi connectivity index (χ0v) is 10.4. The number of carboxylic acid groups (broad SMARTS) is 1. The topological polar surface area (TPSA) is 49.3 Å². The summed E-state index contributed by atoms with van der Waals surface area (Å²) >= 11 is 0. The molecule has 0 spiro atoms. The van der Waals surface area contributed by atoms with E-state index in [1.54, 1.807) is 0 Å². The molecule has 0 saturated heterocycles. The van der Waals surface area contributed by atoms with Crippen molar-refractivity contribution in [2.75, 3.05) is 5.32 Å². The summed E-state index contributed by atoms with van der Waals surface area (Å²) in [5.41, 5.74) is -1.43. The smallest absolute Gasteiger partial charge is 0.416 e. The number of anilines is 2. The Morgan fingerprint density at radius 2 is 1.81 bits per heavy atom. The molecule has 110 valence electrons. The van der Waals surface area contributed by atoms with Crippen LogP contribution in [-0.4, -0.2) is 11.1 Å². The highest BCUT2D eigenvalue weighted by molar-refractivity contribution is 5.95. The molecule has 0 saturated carbocycles. The fraction of sp³-hybridized carbons (Fsp3) is 0.0714. The molecule has 0 unspecified atom stereocenters. The van der Waals surface area contributed by atoms with Gasteiger partial charge in [-0.1, -0.05) is 6.07 Å². The zero-order valence-electron chi connectivity index (χ0n) is 10.4. The molecule has 0 atom stereocenters. The Morgan fingerprint density at radius 3 is 2.38 bits per heavy atom. The number of hydrogen-bond donors (Lipinski definition) is 2. The first kappa shape index (κ1) is 14.8. The van der Waals surface area contributed by atoms with Crippen LogP contribution >= 0.6 is 0 Å². The minimum Gasteiger partial charge on any atom is -0.478 e. The lowest BCUT2D eigenvalue weighted by atomic mass is 10.1. The zero-order chi connectivity index (χ0) is 15.6. The fourth-order valence-corrected chi connectivity index (χ4v) is 1.73. The Bertz CT molecular complexity index is 683. The summed E-state index contributed by atoms with van der Waals surface area (Å²) < 4.78 is 50.8. The summed E-state index contributed by atoms with van der Waals surface area (Å²) in [6.45, 7) is 0. The molecule has 0 radical (unpaired) electrons. The van der Waals surface area contributed by atoms with Crippen LogP contribution in [0, 0.1) is 5.82 Å². The van der Waals surface area contributed by atoms with Gasteiger partial charge in [-0.15, -0.1) is 0 Å². The number of halogens is 4. The second kappa shape index (κ2) is 5.43. The van der Waals surface area contributed by atoms with E-state index in [0.717, 1.165) is 18.2 Å². The number of nitrogens with one attached hydrogen (secondary N) is 1. The molecule has 0 heterocycles. The van der Waals surface area contributed by atoms with Crippen LogP contribution in [0.15, 0.2) is 42.5 Å². The van der Waals surface area contributed by atoms with Crippen LogP contribution in [0.2, 0.25) is 0 Å². The summed E-state index contributed by atoms with van der Waals surface area (Å²) in [6, 6.07) is 7.43. The van der Waals surface area contributed by atoms with Crippen molar-refractivity contribution < 1.29 is 27.5 Å². The lowest BCUT2D eigenvalue weighted by molar-refractivity contribution is -0.137. The highest BCUT2D eigenvalue weighted by Gasteiger charge is 2.31. The van der Waals surface area contributed by atoms with Crippen molar-refractivity contribution in [3.8, 4) is 0 Å². The van der Waals surface area contributed by atoms with E-state index >= 15 is 0 Å². The molecule has 2 aromatic carbocycles. The van der Waals surface area contributed by atoms with Crippen molar-refractivity contribution >= 4 is 17.3 Å². The monoisotopic (exact) mass is 299 g/mol. The number of carbonyl (C=O) groups is 1. The molecule has 0 aliphatic rings. The molecule has 2 rings (SSSR count). The summed E-state index contributed by atoms with van der Waals surface area (Å²) in [7, 11) is 0. The highest BCUT2D eigenvalue weighted by Crippen LogP contribution is 2.32. The largest absolute Gasteiger partial charge is 0.478 e. The first-order valence-electron chi connectivity index (χ1n) is 5.74. The van der Waals surface area contributed by atoms with E-state index in [1.807, 2.05) is 0 Å². The average molecular weight is 299 g/mol. The van der Waals surface area contributed by atoms with Crippen molar-refractivity contribution in [1.29, 1.82) is 0 Å². The molecular weight excluding hydrogens is 290 g/mol. The molecule has 2 aromatic rings. The highest BCUT2D eigenvalue weighted by atomic mass is 19.4. The van der Waals surface area contributed by atoms with E-state index in [1.165, 1.54) is 18.2 Å². The van der Waals surface area contributed by atoms with Crippen LogP contribution in [0.1, 0.15) is 15.9 Å². The lowest BCUT2D eigenvalue weighted by Crippen LogP contribution is -2.09. The normalized spacial score (nSPS) is 11.2. The van der Waals surface area contributed by atoms with Gasteiger partial charge in [-0.25, -0.2) is 9.18 Å². The maximum absolute atomic E-state index is 13.0. The van der Waals surface area contributed by atoms with Crippen LogP contribution in [0.25, 0.3) is 0 Å². The third-order valence-electron chi connectivity index (χ3n) is 2.68. The van der Waals surface area contributed by atoms with E-state index < -0.39 is 29.1 Å². The molecule has 0 aliphatic heterocycles. The van der Waals surface area contributed by atoms with Gasteiger partial charge in [0, 0.05) is 5.69 Å². The first-order valence-corrected chi connectivity index (χ1v) is 5.74. The minimum absolute atomic E-state index is 0.0545. The SMILES string of the molecule is O=C(O)c1cc(C(F)(F)F)ccc1Nc1cccc(F)c1.